The second-order valence-corrected chi connectivity index (χ2v) is 4.52. The molecule has 1 amide bonds. The summed E-state index contributed by atoms with van der Waals surface area (Å²) in [4.78, 5) is 13.7. The minimum atomic E-state index is -0.409. The Hall–Kier alpha value is -2.36. The number of nitrogens with zero attached hydrogens (tertiary/aromatic N) is 1. The molecule has 0 fully saturated rings. The quantitative estimate of drug-likeness (QED) is 0.856. The number of carbonyl (C=O) groups is 1. The van der Waals surface area contributed by atoms with E-state index in [4.69, 9.17) is 4.74 Å². The summed E-state index contributed by atoms with van der Waals surface area (Å²) in [6.07, 6.45) is 0. The smallest absolute Gasteiger partial charge is 0.253 e. The molecule has 0 spiro atoms. The van der Waals surface area contributed by atoms with Crippen LogP contribution in [0.15, 0.2) is 48.5 Å². The average Bonchev–Trinajstić information content (AvgIpc) is 2.47. The zero-order valence-corrected chi connectivity index (χ0v) is 11.5. The Morgan fingerprint density at radius 2 is 1.90 bits per heavy atom. The highest BCUT2D eigenvalue weighted by atomic mass is 19.1. The van der Waals surface area contributed by atoms with Gasteiger partial charge in [0.1, 0.15) is 11.6 Å². The van der Waals surface area contributed by atoms with Gasteiger partial charge in [0.15, 0.2) is 0 Å². The summed E-state index contributed by atoms with van der Waals surface area (Å²) < 4.78 is 18.2. The molecule has 0 aliphatic carbocycles. The predicted molar refractivity (Wildman–Crippen MR) is 75.2 cm³/mol. The van der Waals surface area contributed by atoms with Gasteiger partial charge in [-0.3, -0.25) is 4.79 Å². The molecule has 2 aromatic rings. The van der Waals surface area contributed by atoms with Gasteiger partial charge in [0.25, 0.3) is 5.91 Å². The summed E-state index contributed by atoms with van der Waals surface area (Å²) >= 11 is 0. The average molecular weight is 273 g/mol. The van der Waals surface area contributed by atoms with Gasteiger partial charge in [-0.15, -0.1) is 0 Å². The highest BCUT2D eigenvalue weighted by molar-refractivity contribution is 5.94. The Morgan fingerprint density at radius 3 is 2.50 bits per heavy atom. The number of ether oxygens (including phenoxy) is 1. The van der Waals surface area contributed by atoms with E-state index in [9.17, 15) is 9.18 Å². The lowest BCUT2D eigenvalue weighted by Gasteiger charge is -2.17. The van der Waals surface area contributed by atoms with Crippen LogP contribution in [0.4, 0.5) is 4.39 Å². The van der Waals surface area contributed by atoms with Crippen LogP contribution in [0.25, 0.3) is 0 Å². The lowest BCUT2D eigenvalue weighted by atomic mass is 10.1. The first-order valence-electron chi connectivity index (χ1n) is 6.24. The first-order chi connectivity index (χ1) is 9.60. The second-order valence-electron chi connectivity index (χ2n) is 4.52. The fourth-order valence-corrected chi connectivity index (χ4v) is 1.92. The molecule has 0 heterocycles. The van der Waals surface area contributed by atoms with E-state index in [2.05, 4.69) is 0 Å². The molecular formula is C16H16FNO2. The first-order valence-corrected chi connectivity index (χ1v) is 6.24. The van der Waals surface area contributed by atoms with Crippen LogP contribution in [0.2, 0.25) is 0 Å². The van der Waals surface area contributed by atoms with Crippen molar-refractivity contribution in [2.45, 2.75) is 6.54 Å². The van der Waals surface area contributed by atoms with Gasteiger partial charge in [0.2, 0.25) is 0 Å². The Morgan fingerprint density at radius 1 is 1.20 bits per heavy atom. The second kappa shape index (κ2) is 6.19. The van der Waals surface area contributed by atoms with E-state index in [0.29, 0.717) is 12.1 Å². The van der Waals surface area contributed by atoms with Crippen LogP contribution in [-0.4, -0.2) is 25.0 Å². The van der Waals surface area contributed by atoms with E-state index < -0.39 is 5.82 Å². The number of hydrogen-bond acceptors (Lipinski definition) is 2. The summed E-state index contributed by atoms with van der Waals surface area (Å²) in [5.41, 5.74) is 1.33. The summed E-state index contributed by atoms with van der Waals surface area (Å²) in [6.45, 7) is 0.458. The summed E-state index contributed by atoms with van der Waals surface area (Å²) in [6, 6.07) is 13.2. The molecule has 3 nitrogen and oxygen atoms in total. The third kappa shape index (κ3) is 3.35. The van der Waals surface area contributed by atoms with Gasteiger partial charge in [-0.05, 0) is 35.9 Å². The molecule has 0 unspecified atom stereocenters. The van der Waals surface area contributed by atoms with Crippen LogP contribution >= 0.6 is 0 Å². The van der Waals surface area contributed by atoms with Crippen molar-refractivity contribution in [3.63, 3.8) is 0 Å². The maximum absolute atomic E-state index is 13.1. The van der Waals surface area contributed by atoms with Crippen LogP contribution in [0, 0.1) is 5.82 Å². The zero-order valence-electron chi connectivity index (χ0n) is 11.5. The summed E-state index contributed by atoms with van der Waals surface area (Å²) in [5.74, 6) is 0.155. The normalized spacial score (nSPS) is 10.2. The molecule has 20 heavy (non-hydrogen) atoms. The summed E-state index contributed by atoms with van der Waals surface area (Å²) in [5, 5.41) is 0. The third-order valence-electron chi connectivity index (χ3n) is 3.00. The van der Waals surface area contributed by atoms with Crippen molar-refractivity contribution >= 4 is 5.91 Å². The predicted octanol–water partition coefficient (Wildman–Crippen LogP) is 3.11. The van der Waals surface area contributed by atoms with E-state index in [1.165, 1.54) is 18.2 Å². The van der Waals surface area contributed by atoms with E-state index in [1.807, 2.05) is 24.3 Å². The highest BCUT2D eigenvalue weighted by Gasteiger charge is 2.12. The molecule has 4 heteroatoms. The SMILES string of the molecule is COc1ccc(CN(C)C(=O)c2cccc(F)c2)cc1. The fourth-order valence-electron chi connectivity index (χ4n) is 1.92. The standard InChI is InChI=1S/C16H16FNO2/c1-18(11-12-6-8-15(20-2)9-7-12)16(19)13-4-3-5-14(17)10-13/h3-10H,11H2,1-2H3. The molecule has 0 aliphatic rings. The summed E-state index contributed by atoms with van der Waals surface area (Å²) in [7, 11) is 3.30. The number of hydrogen-bond donors (Lipinski definition) is 0. The van der Waals surface area contributed by atoms with Gasteiger partial charge >= 0.3 is 0 Å². The van der Waals surface area contributed by atoms with Crippen LogP contribution < -0.4 is 4.74 Å². The van der Waals surface area contributed by atoms with Gasteiger partial charge in [-0.25, -0.2) is 4.39 Å². The Balaban J connectivity index is 2.07. The largest absolute Gasteiger partial charge is 0.497 e. The van der Waals surface area contributed by atoms with Gasteiger partial charge in [0, 0.05) is 19.2 Å². The van der Waals surface area contributed by atoms with Crippen molar-refractivity contribution in [1.82, 2.24) is 4.90 Å². The molecule has 0 atom stereocenters. The van der Waals surface area contributed by atoms with E-state index >= 15 is 0 Å². The van der Waals surface area contributed by atoms with Crippen LogP contribution in [0.1, 0.15) is 15.9 Å². The molecule has 0 bridgehead atoms. The van der Waals surface area contributed by atoms with Gasteiger partial charge in [-0.1, -0.05) is 18.2 Å². The Labute approximate surface area is 117 Å². The highest BCUT2D eigenvalue weighted by Crippen LogP contribution is 2.14. The number of halogens is 1. The molecule has 2 rings (SSSR count). The minimum absolute atomic E-state index is 0.208. The number of carbonyl (C=O) groups excluding carboxylic acids is 1. The number of rotatable bonds is 4. The lowest BCUT2D eigenvalue weighted by Crippen LogP contribution is -2.26. The monoisotopic (exact) mass is 273 g/mol. The van der Waals surface area contributed by atoms with Crippen LogP contribution in [0.3, 0.4) is 0 Å². The van der Waals surface area contributed by atoms with Crippen molar-refractivity contribution in [3.05, 3.63) is 65.5 Å². The molecule has 104 valence electrons. The third-order valence-corrected chi connectivity index (χ3v) is 3.00. The maximum atomic E-state index is 13.1. The molecule has 0 N–H and O–H groups in total. The van der Waals surface area contributed by atoms with Crippen molar-refractivity contribution in [2.75, 3.05) is 14.2 Å². The van der Waals surface area contributed by atoms with Crippen molar-refractivity contribution in [1.29, 1.82) is 0 Å². The molecule has 0 saturated heterocycles. The molecule has 0 radical (unpaired) electrons. The zero-order chi connectivity index (χ0) is 14.5. The number of benzene rings is 2. The topological polar surface area (TPSA) is 29.5 Å². The molecule has 0 aromatic heterocycles. The number of methoxy groups -OCH3 is 1. The van der Waals surface area contributed by atoms with Crippen molar-refractivity contribution in [2.24, 2.45) is 0 Å². The van der Waals surface area contributed by atoms with E-state index in [0.717, 1.165) is 11.3 Å². The van der Waals surface area contributed by atoms with Crippen molar-refractivity contribution < 1.29 is 13.9 Å². The fraction of sp³-hybridized carbons (Fsp3) is 0.188. The molecule has 0 aliphatic heterocycles. The van der Waals surface area contributed by atoms with E-state index in [1.54, 1.807) is 25.1 Å². The molecular weight excluding hydrogens is 257 g/mol. The lowest BCUT2D eigenvalue weighted by molar-refractivity contribution is 0.0784. The molecule has 2 aromatic carbocycles. The van der Waals surface area contributed by atoms with Gasteiger partial charge in [0.05, 0.1) is 7.11 Å². The van der Waals surface area contributed by atoms with Gasteiger partial charge < -0.3 is 9.64 Å². The van der Waals surface area contributed by atoms with E-state index in [-0.39, 0.29) is 5.91 Å². The number of amides is 1. The van der Waals surface area contributed by atoms with Crippen LogP contribution in [0.5, 0.6) is 5.75 Å². The maximum Gasteiger partial charge on any atom is 0.253 e. The minimum Gasteiger partial charge on any atom is -0.497 e. The Kier molecular flexibility index (Phi) is 4.35. The van der Waals surface area contributed by atoms with Gasteiger partial charge in [-0.2, -0.15) is 0 Å². The Bertz CT molecular complexity index is 596. The first kappa shape index (κ1) is 14.1. The van der Waals surface area contributed by atoms with Crippen LogP contribution in [-0.2, 0) is 6.54 Å². The van der Waals surface area contributed by atoms with Crippen molar-refractivity contribution in [3.8, 4) is 5.75 Å². The molecule has 0 saturated carbocycles.